The van der Waals surface area contributed by atoms with Crippen LogP contribution in [-0.4, -0.2) is 5.91 Å². The lowest BCUT2D eigenvalue weighted by Gasteiger charge is -2.11. The molecule has 0 atom stereocenters. The summed E-state index contributed by atoms with van der Waals surface area (Å²) in [6.07, 6.45) is 0. The van der Waals surface area contributed by atoms with Crippen molar-refractivity contribution in [1.82, 2.24) is 10.3 Å². The Morgan fingerprint density at radius 3 is 2.56 bits per heavy atom. The van der Waals surface area contributed by atoms with Crippen LogP contribution in [0.25, 0.3) is 11.1 Å². The van der Waals surface area contributed by atoms with Gasteiger partial charge >= 0.3 is 0 Å². The molecule has 2 N–H and O–H groups in total. The Hall–Kier alpha value is -2.34. The van der Waals surface area contributed by atoms with E-state index < -0.39 is 11.7 Å². The zero-order valence-electron chi connectivity index (χ0n) is 14.6. The fourth-order valence-corrected chi connectivity index (χ4v) is 3.42. The fourth-order valence-electron chi connectivity index (χ4n) is 2.63. The SMILES string of the molecule is Cc1cc(-c2ccccc2)cc(C(=O)NNSCc2cccc(Cl)c2)c1F. The number of benzene rings is 3. The second kappa shape index (κ2) is 9.04. The van der Waals surface area contributed by atoms with Gasteiger partial charge in [0, 0.05) is 10.8 Å². The molecule has 0 aliphatic rings. The van der Waals surface area contributed by atoms with Crippen LogP contribution in [0.3, 0.4) is 0 Å². The zero-order chi connectivity index (χ0) is 19.2. The van der Waals surface area contributed by atoms with Crippen LogP contribution in [0.2, 0.25) is 5.02 Å². The second-order valence-corrected chi connectivity index (χ2v) is 7.21. The van der Waals surface area contributed by atoms with E-state index in [1.807, 2.05) is 48.5 Å². The van der Waals surface area contributed by atoms with Gasteiger partial charge < -0.3 is 0 Å². The van der Waals surface area contributed by atoms with E-state index in [9.17, 15) is 9.18 Å². The Bertz CT molecular complexity index is 950. The number of amides is 1. The molecule has 3 aromatic carbocycles. The van der Waals surface area contributed by atoms with Crippen LogP contribution < -0.4 is 10.3 Å². The van der Waals surface area contributed by atoms with Gasteiger partial charge in [0.05, 0.1) is 5.56 Å². The Morgan fingerprint density at radius 2 is 1.81 bits per heavy atom. The number of halogens is 2. The van der Waals surface area contributed by atoms with Gasteiger partial charge in [-0.2, -0.15) is 4.83 Å². The van der Waals surface area contributed by atoms with Gasteiger partial charge in [0.1, 0.15) is 5.82 Å². The molecule has 3 rings (SSSR count). The Kier molecular flexibility index (Phi) is 6.50. The summed E-state index contributed by atoms with van der Waals surface area (Å²) >= 11 is 7.23. The minimum absolute atomic E-state index is 0.00436. The molecule has 0 saturated carbocycles. The van der Waals surface area contributed by atoms with E-state index in [-0.39, 0.29) is 5.56 Å². The molecule has 0 unspecified atom stereocenters. The smallest absolute Gasteiger partial charge is 0.269 e. The first-order valence-electron chi connectivity index (χ1n) is 8.32. The maximum Gasteiger partial charge on any atom is 0.269 e. The number of carbonyl (C=O) groups excluding carboxylic acids is 1. The van der Waals surface area contributed by atoms with Crippen LogP contribution in [0.1, 0.15) is 21.5 Å². The summed E-state index contributed by atoms with van der Waals surface area (Å²) < 4.78 is 14.5. The minimum Gasteiger partial charge on any atom is -0.277 e. The number of nitrogens with one attached hydrogen (secondary N) is 2. The highest BCUT2D eigenvalue weighted by molar-refractivity contribution is 7.96. The number of carbonyl (C=O) groups is 1. The molecule has 0 fully saturated rings. The highest BCUT2D eigenvalue weighted by atomic mass is 35.5. The maximum atomic E-state index is 14.5. The predicted molar refractivity (Wildman–Crippen MR) is 110 cm³/mol. The summed E-state index contributed by atoms with van der Waals surface area (Å²) in [4.78, 5) is 15.2. The first kappa shape index (κ1) is 19.4. The number of rotatable bonds is 6. The standard InChI is InChI=1S/C21H18ClFN2OS/c1-14-10-17(16-7-3-2-4-8-16)12-19(20(14)23)21(26)24-25-27-13-15-6-5-9-18(22)11-15/h2-12,25H,13H2,1H3,(H,24,26). The zero-order valence-corrected chi connectivity index (χ0v) is 16.2. The van der Waals surface area contributed by atoms with Crippen molar-refractivity contribution < 1.29 is 9.18 Å². The van der Waals surface area contributed by atoms with Gasteiger partial charge in [0.15, 0.2) is 0 Å². The lowest BCUT2D eigenvalue weighted by molar-refractivity contribution is 0.0943. The third kappa shape index (κ3) is 5.10. The highest BCUT2D eigenvalue weighted by Gasteiger charge is 2.15. The van der Waals surface area contributed by atoms with Crippen LogP contribution in [0.5, 0.6) is 0 Å². The largest absolute Gasteiger partial charge is 0.277 e. The van der Waals surface area contributed by atoms with Crippen molar-refractivity contribution in [3.63, 3.8) is 0 Å². The van der Waals surface area contributed by atoms with E-state index in [2.05, 4.69) is 10.3 Å². The first-order valence-corrected chi connectivity index (χ1v) is 9.68. The third-order valence-electron chi connectivity index (χ3n) is 3.97. The molecule has 138 valence electrons. The van der Waals surface area contributed by atoms with Gasteiger partial charge in [-0.05, 0) is 53.4 Å². The summed E-state index contributed by atoms with van der Waals surface area (Å²) in [7, 11) is 0. The molecule has 0 bridgehead atoms. The molecular formula is C21H18ClFN2OS. The lowest BCUT2D eigenvalue weighted by atomic mass is 9.99. The van der Waals surface area contributed by atoms with Crippen molar-refractivity contribution in [3.8, 4) is 11.1 Å². The minimum atomic E-state index is -0.521. The van der Waals surface area contributed by atoms with Gasteiger partial charge in [-0.25, -0.2) is 4.39 Å². The number of hydrazine groups is 1. The van der Waals surface area contributed by atoms with Gasteiger partial charge in [-0.3, -0.25) is 10.2 Å². The Labute approximate surface area is 167 Å². The average molecular weight is 401 g/mol. The molecule has 0 aromatic heterocycles. The van der Waals surface area contributed by atoms with Crippen LogP contribution >= 0.6 is 23.5 Å². The summed E-state index contributed by atoms with van der Waals surface area (Å²) in [6, 6.07) is 20.3. The molecule has 0 saturated heterocycles. The summed E-state index contributed by atoms with van der Waals surface area (Å²) in [5.41, 5.74) is 5.70. The molecule has 0 spiro atoms. The monoisotopic (exact) mass is 400 g/mol. The molecule has 27 heavy (non-hydrogen) atoms. The van der Waals surface area contributed by atoms with E-state index >= 15 is 0 Å². The average Bonchev–Trinajstić information content (AvgIpc) is 2.68. The molecule has 3 nitrogen and oxygen atoms in total. The highest BCUT2D eigenvalue weighted by Crippen LogP contribution is 2.24. The molecule has 0 aliphatic heterocycles. The topological polar surface area (TPSA) is 41.1 Å². The molecular weight excluding hydrogens is 383 g/mol. The van der Waals surface area contributed by atoms with Crippen LogP contribution in [0.4, 0.5) is 4.39 Å². The van der Waals surface area contributed by atoms with Crippen LogP contribution in [-0.2, 0) is 5.75 Å². The van der Waals surface area contributed by atoms with Gasteiger partial charge in [-0.1, -0.05) is 66.0 Å². The molecule has 0 heterocycles. The summed E-state index contributed by atoms with van der Waals surface area (Å²) in [5, 5.41) is 0.660. The number of hydrogen-bond acceptors (Lipinski definition) is 3. The van der Waals surface area contributed by atoms with Crippen LogP contribution in [0, 0.1) is 12.7 Å². The number of aryl methyl sites for hydroxylation is 1. The Morgan fingerprint density at radius 1 is 1.04 bits per heavy atom. The molecule has 0 radical (unpaired) electrons. The van der Waals surface area contributed by atoms with E-state index in [1.54, 1.807) is 25.1 Å². The normalized spacial score (nSPS) is 10.6. The van der Waals surface area contributed by atoms with Crippen molar-refractivity contribution in [2.24, 2.45) is 0 Å². The third-order valence-corrected chi connectivity index (χ3v) is 4.93. The van der Waals surface area contributed by atoms with E-state index in [4.69, 9.17) is 11.6 Å². The van der Waals surface area contributed by atoms with Crippen molar-refractivity contribution >= 4 is 29.5 Å². The van der Waals surface area contributed by atoms with Crippen molar-refractivity contribution in [3.05, 3.63) is 94.3 Å². The van der Waals surface area contributed by atoms with Crippen molar-refractivity contribution in [2.45, 2.75) is 12.7 Å². The molecule has 6 heteroatoms. The molecule has 0 aliphatic carbocycles. The predicted octanol–water partition coefficient (Wildman–Crippen LogP) is 5.54. The van der Waals surface area contributed by atoms with Gasteiger partial charge in [0.25, 0.3) is 5.91 Å². The van der Waals surface area contributed by atoms with Gasteiger partial charge in [-0.15, -0.1) is 0 Å². The fraction of sp³-hybridized carbons (Fsp3) is 0.0952. The number of hydrogen-bond donors (Lipinski definition) is 2. The van der Waals surface area contributed by atoms with E-state index in [1.165, 1.54) is 11.9 Å². The summed E-state index contributed by atoms with van der Waals surface area (Å²) in [5.74, 6) is -0.437. The summed E-state index contributed by atoms with van der Waals surface area (Å²) in [6.45, 7) is 1.65. The molecule has 1 amide bonds. The van der Waals surface area contributed by atoms with Crippen LogP contribution in [0.15, 0.2) is 66.7 Å². The van der Waals surface area contributed by atoms with Gasteiger partial charge in [0.2, 0.25) is 0 Å². The maximum absolute atomic E-state index is 14.5. The van der Waals surface area contributed by atoms with Crippen molar-refractivity contribution in [2.75, 3.05) is 0 Å². The lowest BCUT2D eigenvalue weighted by Crippen LogP contribution is -2.33. The second-order valence-electron chi connectivity index (χ2n) is 6.00. The first-order chi connectivity index (χ1) is 13.0. The van der Waals surface area contributed by atoms with E-state index in [0.29, 0.717) is 16.3 Å². The molecule has 3 aromatic rings. The van der Waals surface area contributed by atoms with E-state index in [0.717, 1.165) is 16.7 Å². The quantitative estimate of drug-likeness (QED) is 0.324. The Balaban J connectivity index is 1.66. The van der Waals surface area contributed by atoms with Crippen molar-refractivity contribution in [1.29, 1.82) is 0 Å².